The van der Waals surface area contributed by atoms with Gasteiger partial charge in [0, 0.05) is 39.5 Å². The van der Waals surface area contributed by atoms with E-state index in [0.29, 0.717) is 24.4 Å². The van der Waals surface area contributed by atoms with E-state index in [4.69, 9.17) is 0 Å². The average molecular weight is 421 g/mol. The van der Waals surface area contributed by atoms with Gasteiger partial charge in [-0.25, -0.2) is 17.7 Å². The summed E-state index contributed by atoms with van der Waals surface area (Å²) < 4.78 is 28.1. The third-order valence-corrected chi connectivity index (χ3v) is 7.50. The van der Waals surface area contributed by atoms with E-state index in [9.17, 15) is 13.2 Å². The Balaban J connectivity index is 1.74. The number of amides is 1. The van der Waals surface area contributed by atoms with Crippen molar-refractivity contribution in [3.05, 3.63) is 24.0 Å². The van der Waals surface area contributed by atoms with E-state index >= 15 is 0 Å². The third-order valence-electron chi connectivity index (χ3n) is 5.69. The summed E-state index contributed by atoms with van der Waals surface area (Å²) in [5.74, 6) is 0.889. The first-order valence-electron chi connectivity index (χ1n) is 10.5. The maximum atomic E-state index is 12.4. The van der Waals surface area contributed by atoms with Gasteiger partial charge in [0.2, 0.25) is 15.9 Å². The van der Waals surface area contributed by atoms with E-state index in [0.717, 1.165) is 30.7 Å². The lowest BCUT2D eigenvalue weighted by Gasteiger charge is -2.16. The smallest absolute Gasteiger partial charge is 0.242 e. The van der Waals surface area contributed by atoms with Crippen molar-refractivity contribution in [2.24, 2.45) is 0 Å². The lowest BCUT2D eigenvalue weighted by atomic mass is 10.1. The highest BCUT2D eigenvalue weighted by Crippen LogP contribution is 2.23. The molecule has 1 aliphatic carbocycles. The number of hydrogen-bond acceptors (Lipinski definition) is 4. The van der Waals surface area contributed by atoms with Crippen LogP contribution < -0.4 is 5.32 Å². The number of imidazole rings is 1. The number of nitrogens with zero attached hydrogens (tertiary/aromatic N) is 3. The van der Waals surface area contributed by atoms with Gasteiger partial charge < -0.3 is 9.88 Å². The van der Waals surface area contributed by atoms with Crippen LogP contribution in [0.2, 0.25) is 0 Å². The van der Waals surface area contributed by atoms with Crippen LogP contribution in [0.1, 0.15) is 57.7 Å². The predicted octanol–water partition coefficient (Wildman–Crippen LogP) is 3.08. The van der Waals surface area contributed by atoms with E-state index in [1.54, 1.807) is 18.2 Å². The normalized spacial score (nSPS) is 16.3. The average Bonchev–Trinajstić information content (AvgIpc) is 2.83. The number of carbonyl (C=O) groups excluding carboxylic acids is 1. The second-order valence-electron chi connectivity index (χ2n) is 7.97. The summed E-state index contributed by atoms with van der Waals surface area (Å²) in [7, 11) is -0.471. The predicted molar refractivity (Wildman–Crippen MR) is 114 cm³/mol. The highest BCUT2D eigenvalue weighted by atomic mass is 32.2. The Morgan fingerprint density at radius 3 is 2.52 bits per heavy atom. The molecule has 0 atom stereocenters. The van der Waals surface area contributed by atoms with Crippen LogP contribution in [0.4, 0.5) is 0 Å². The zero-order chi connectivity index (χ0) is 21.0. The molecule has 1 heterocycles. The fraction of sp³-hybridized carbons (Fsp3) is 0.619. The summed E-state index contributed by atoms with van der Waals surface area (Å²) in [5, 5.41) is 3.18. The Morgan fingerprint density at radius 1 is 1.21 bits per heavy atom. The molecule has 1 amide bonds. The standard InChI is InChI=1S/C21H32N4O3S/c1-4-25-19-12-11-17(29(27,28)24(2)3)15-18(19)23-20(25)13-14-21(26)22-16-9-7-5-6-8-10-16/h11-12,15-16H,4-10,13-14H2,1-3H3,(H,22,26). The second kappa shape index (κ2) is 9.26. The Morgan fingerprint density at radius 2 is 1.90 bits per heavy atom. The van der Waals surface area contributed by atoms with Crippen LogP contribution in [-0.4, -0.2) is 48.3 Å². The third kappa shape index (κ3) is 4.98. The molecule has 0 aliphatic heterocycles. The van der Waals surface area contributed by atoms with Crippen molar-refractivity contribution in [1.29, 1.82) is 0 Å². The molecule has 1 aromatic heterocycles. The van der Waals surface area contributed by atoms with Gasteiger partial charge in [0.1, 0.15) is 5.82 Å². The van der Waals surface area contributed by atoms with Crippen molar-refractivity contribution in [3.8, 4) is 0 Å². The summed E-state index contributed by atoms with van der Waals surface area (Å²) >= 11 is 0. The Kier molecular flexibility index (Phi) is 6.95. The van der Waals surface area contributed by atoms with Crippen molar-refractivity contribution in [1.82, 2.24) is 19.2 Å². The van der Waals surface area contributed by atoms with Gasteiger partial charge in [-0.15, -0.1) is 0 Å². The molecule has 0 bridgehead atoms. The number of fused-ring (bicyclic) bond motifs is 1. The van der Waals surface area contributed by atoms with Crippen LogP contribution in [0.3, 0.4) is 0 Å². The molecule has 1 N–H and O–H groups in total. The maximum absolute atomic E-state index is 12.4. The molecule has 29 heavy (non-hydrogen) atoms. The van der Waals surface area contributed by atoms with Gasteiger partial charge >= 0.3 is 0 Å². The van der Waals surface area contributed by atoms with Gasteiger partial charge in [0.05, 0.1) is 15.9 Å². The minimum absolute atomic E-state index is 0.0717. The van der Waals surface area contributed by atoms with Crippen LogP contribution in [0.5, 0.6) is 0 Å². The lowest BCUT2D eigenvalue weighted by molar-refractivity contribution is -0.121. The highest BCUT2D eigenvalue weighted by molar-refractivity contribution is 7.89. The quantitative estimate of drug-likeness (QED) is 0.698. The van der Waals surface area contributed by atoms with Crippen molar-refractivity contribution >= 4 is 27.0 Å². The SMILES string of the molecule is CCn1c(CCC(=O)NC2CCCCCC2)nc2cc(S(=O)(=O)N(C)C)ccc21. The van der Waals surface area contributed by atoms with Crippen molar-refractivity contribution in [3.63, 3.8) is 0 Å². The van der Waals surface area contributed by atoms with Gasteiger partial charge in [-0.2, -0.15) is 0 Å². The molecule has 0 radical (unpaired) electrons. The topological polar surface area (TPSA) is 84.3 Å². The number of nitrogens with one attached hydrogen (secondary N) is 1. The van der Waals surface area contributed by atoms with Crippen molar-refractivity contribution in [2.75, 3.05) is 14.1 Å². The molecule has 1 saturated carbocycles. The van der Waals surface area contributed by atoms with Gasteiger partial charge in [-0.05, 0) is 38.0 Å². The monoisotopic (exact) mass is 420 g/mol. The molecule has 2 aromatic rings. The molecule has 0 saturated heterocycles. The molecule has 3 rings (SSSR count). The van der Waals surface area contributed by atoms with Crippen LogP contribution >= 0.6 is 0 Å². The molecule has 160 valence electrons. The number of benzene rings is 1. The van der Waals surface area contributed by atoms with Crippen LogP contribution in [0.15, 0.2) is 23.1 Å². The summed E-state index contributed by atoms with van der Waals surface area (Å²) in [5.41, 5.74) is 1.54. The summed E-state index contributed by atoms with van der Waals surface area (Å²) in [6, 6.07) is 5.34. The minimum Gasteiger partial charge on any atom is -0.353 e. The van der Waals surface area contributed by atoms with Gasteiger partial charge in [0.25, 0.3) is 0 Å². The molecule has 0 unspecified atom stereocenters. The molecular formula is C21H32N4O3S. The second-order valence-corrected chi connectivity index (χ2v) is 10.1. The van der Waals surface area contributed by atoms with Crippen LogP contribution in [0.25, 0.3) is 11.0 Å². The lowest BCUT2D eigenvalue weighted by Crippen LogP contribution is -2.34. The molecular weight excluding hydrogens is 388 g/mol. The summed E-state index contributed by atoms with van der Waals surface area (Å²) in [6.45, 7) is 2.75. The van der Waals surface area contributed by atoms with Crippen molar-refractivity contribution in [2.45, 2.75) is 75.8 Å². The number of aromatic nitrogens is 2. The summed E-state index contributed by atoms with van der Waals surface area (Å²) in [6.07, 6.45) is 7.98. The molecule has 1 fully saturated rings. The zero-order valence-electron chi connectivity index (χ0n) is 17.6. The van der Waals surface area contributed by atoms with Gasteiger partial charge in [-0.1, -0.05) is 25.7 Å². The first-order chi connectivity index (χ1) is 13.8. The van der Waals surface area contributed by atoms with Gasteiger partial charge in [0.15, 0.2) is 0 Å². The molecule has 1 aromatic carbocycles. The number of carbonyl (C=O) groups is 1. The Bertz CT molecular complexity index is 958. The van der Waals surface area contributed by atoms with E-state index in [2.05, 4.69) is 14.9 Å². The molecule has 7 nitrogen and oxygen atoms in total. The minimum atomic E-state index is -3.50. The summed E-state index contributed by atoms with van der Waals surface area (Å²) in [4.78, 5) is 17.3. The number of hydrogen-bond donors (Lipinski definition) is 1. The number of rotatable bonds is 7. The molecule has 8 heteroatoms. The first-order valence-corrected chi connectivity index (χ1v) is 12.0. The molecule has 0 spiro atoms. The fourth-order valence-electron chi connectivity index (χ4n) is 4.02. The number of sulfonamides is 1. The largest absolute Gasteiger partial charge is 0.353 e. The Hall–Kier alpha value is -1.93. The van der Waals surface area contributed by atoms with E-state index in [1.807, 2.05) is 6.92 Å². The maximum Gasteiger partial charge on any atom is 0.242 e. The van der Waals surface area contributed by atoms with Crippen LogP contribution in [0, 0.1) is 0 Å². The van der Waals surface area contributed by atoms with E-state index < -0.39 is 10.0 Å². The zero-order valence-corrected chi connectivity index (χ0v) is 18.5. The highest BCUT2D eigenvalue weighted by Gasteiger charge is 2.20. The molecule has 1 aliphatic rings. The van der Waals surface area contributed by atoms with E-state index in [1.165, 1.54) is 44.1 Å². The van der Waals surface area contributed by atoms with Crippen molar-refractivity contribution < 1.29 is 13.2 Å². The van der Waals surface area contributed by atoms with Gasteiger partial charge in [-0.3, -0.25) is 4.79 Å². The van der Waals surface area contributed by atoms with Crippen LogP contribution in [-0.2, 0) is 27.8 Å². The van der Waals surface area contributed by atoms with E-state index in [-0.39, 0.29) is 10.8 Å². The first kappa shape index (κ1) is 21.8. The number of aryl methyl sites for hydroxylation is 2. The Labute approximate surface area is 173 Å². The fourth-order valence-corrected chi connectivity index (χ4v) is 4.95.